The number of halogens is 1. The third kappa shape index (κ3) is 4.71. The fourth-order valence-electron chi connectivity index (χ4n) is 2.80. The molecule has 0 aliphatic rings. The summed E-state index contributed by atoms with van der Waals surface area (Å²) in [6.07, 6.45) is 0.290. The van der Waals surface area contributed by atoms with Crippen LogP contribution in [0.4, 0.5) is 0 Å². The molecule has 0 fully saturated rings. The Balaban J connectivity index is 1.72. The number of carbonyl (C=O) groups excluding carboxylic acids is 1. The van der Waals surface area contributed by atoms with Gasteiger partial charge in [-0.1, -0.05) is 90.5 Å². The molecule has 0 unspecified atom stereocenters. The van der Waals surface area contributed by atoms with Crippen molar-refractivity contribution in [3.63, 3.8) is 0 Å². The van der Waals surface area contributed by atoms with Gasteiger partial charge in [0.1, 0.15) is 6.61 Å². The minimum Gasteiger partial charge on any atom is -0.461 e. The molecule has 0 spiro atoms. The molecule has 0 aliphatic carbocycles. The summed E-state index contributed by atoms with van der Waals surface area (Å²) in [7, 11) is 0. The SMILES string of the molecule is O=C(CC(c1ccccc1)c1ccccc1)OCc1ccccc1Cl. The first-order valence-electron chi connectivity index (χ1n) is 8.23. The van der Waals surface area contributed by atoms with Crippen molar-refractivity contribution in [2.45, 2.75) is 18.9 Å². The lowest BCUT2D eigenvalue weighted by molar-refractivity contribution is -0.145. The van der Waals surface area contributed by atoms with E-state index in [1.54, 1.807) is 6.07 Å². The second kappa shape index (κ2) is 8.50. The van der Waals surface area contributed by atoms with Crippen molar-refractivity contribution in [2.75, 3.05) is 0 Å². The Morgan fingerprint density at radius 2 is 1.32 bits per heavy atom. The van der Waals surface area contributed by atoms with Crippen molar-refractivity contribution in [1.82, 2.24) is 0 Å². The van der Waals surface area contributed by atoms with Crippen molar-refractivity contribution in [2.24, 2.45) is 0 Å². The largest absolute Gasteiger partial charge is 0.461 e. The highest BCUT2D eigenvalue weighted by molar-refractivity contribution is 6.31. The van der Waals surface area contributed by atoms with Gasteiger partial charge in [-0.2, -0.15) is 0 Å². The third-order valence-electron chi connectivity index (χ3n) is 4.12. The van der Waals surface area contributed by atoms with Crippen LogP contribution in [0.15, 0.2) is 84.9 Å². The minimum absolute atomic E-state index is 0.0267. The zero-order chi connectivity index (χ0) is 17.5. The summed E-state index contributed by atoms with van der Waals surface area (Å²) in [5.41, 5.74) is 3.01. The predicted molar refractivity (Wildman–Crippen MR) is 101 cm³/mol. The summed E-state index contributed by atoms with van der Waals surface area (Å²) in [6.45, 7) is 0.189. The summed E-state index contributed by atoms with van der Waals surface area (Å²) < 4.78 is 5.46. The molecule has 0 saturated heterocycles. The first-order chi connectivity index (χ1) is 12.2. The first-order valence-corrected chi connectivity index (χ1v) is 8.61. The van der Waals surface area contributed by atoms with Gasteiger partial charge >= 0.3 is 5.97 Å². The quantitative estimate of drug-likeness (QED) is 0.540. The van der Waals surface area contributed by atoms with Crippen molar-refractivity contribution >= 4 is 17.6 Å². The van der Waals surface area contributed by atoms with Crippen LogP contribution in [0.1, 0.15) is 29.0 Å². The van der Waals surface area contributed by atoms with E-state index in [9.17, 15) is 4.79 Å². The van der Waals surface area contributed by atoms with Gasteiger partial charge in [-0.25, -0.2) is 0 Å². The van der Waals surface area contributed by atoms with E-state index in [0.29, 0.717) is 11.4 Å². The first kappa shape index (κ1) is 17.2. The molecule has 0 aromatic heterocycles. The van der Waals surface area contributed by atoms with Gasteiger partial charge in [0, 0.05) is 16.5 Å². The van der Waals surface area contributed by atoms with Crippen molar-refractivity contribution in [3.05, 3.63) is 107 Å². The van der Waals surface area contributed by atoms with Gasteiger partial charge in [0.15, 0.2) is 0 Å². The molecule has 0 atom stereocenters. The van der Waals surface area contributed by atoms with Crippen molar-refractivity contribution < 1.29 is 9.53 Å². The molecule has 0 radical (unpaired) electrons. The molecule has 3 rings (SSSR count). The molecule has 0 amide bonds. The maximum absolute atomic E-state index is 12.4. The second-order valence-electron chi connectivity index (χ2n) is 5.83. The lowest BCUT2D eigenvalue weighted by Gasteiger charge is -2.17. The molecule has 0 bridgehead atoms. The van der Waals surface area contributed by atoms with Crippen LogP contribution in [-0.2, 0) is 16.1 Å². The van der Waals surface area contributed by atoms with Crippen LogP contribution < -0.4 is 0 Å². The monoisotopic (exact) mass is 350 g/mol. The second-order valence-corrected chi connectivity index (χ2v) is 6.24. The number of ether oxygens (including phenoxy) is 1. The van der Waals surface area contributed by atoms with Crippen LogP contribution in [0.3, 0.4) is 0 Å². The number of benzene rings is 3. The van der Waals surface area contributed by atoms with Crippen LogP contribution in [0.25, 0.3) is 0 Å². The van der Waals surface area contributed by atoms with Crippen LogP contribution in [0, 0.1) is 0 Å². The van der Waals surface area contributed by atoms with Gasteiger partial charge in [-0.15, -0.1) is 0 Å². The van der Waals surface area contributed by atoms with Gasteiger partial charge in [0.05, 0.1) is 6.42 Å². The molecule has 3 heteroatoms. The van der Waals surface area contributed by atoms with Gasteiger partial charge in [0.25, 0.3) is 0 Å². The molecule has 2 nitrogen and oxygen atoms in total. The van der Waals surface area contributed by atoms with Crippen LogP contribution >= 0.6 is 11.6 Å². The van der Waals surface area contributed by atoms with E-state index < -0.39 is 0 Å². The van der Waals surface area contributed by atoms with Crippen LogP contribution in [-0.4, -0.2) is 5.97 Å². The minimum atomic E-state index is -0.238. The van der Waals surface area contributed by atoms with Crippen molar-refractivity contribution in [3.8, 4) is 0 Å². The molecular weight excluding hydrogens is 332 g/mol. The maximum Gasteiger partial charge on any atom is 0.307 e. The van der Waals surface area contributed by atoms with Gasteiger partial charge in [0.2, 0.25) is 0 Å². The van der Waals surface area contributed by atoms with Crippen LogP contribution in [0.5, 0.6) is 0 Å². The van der Waals surface area contributed by atoms with E-state index >= 15 is 0 Å². The molecule has 3 aromatic rings. The molecule has 25 heavy (non-hydrogen) atoms. The molecule has 0 heterocycles. The van der Waals surface area contributed by atoms with E-state index in [0.717, 1.165) is 16.7 Å². The van der Waals surface area contributed by atoms with E-state index in [-0.39, 0.29) is 18.5 Å². The average molecular weight is 351 g/mol. The zero-order valence-electron chi connectivity index (χ0n) is 13.8. The standard InChI is InChI=1S/C22H19ClO2/c23-21-14-8-7-13-19(21)16-25-22(24)15-20(17-9-3-1-4-10-17)18-11-5-2-6-12-18/h1-14,20H,15-16H2. The fourth-order valence-corrected chi connectivity index (χ4v) is 2.99. The highest BCUT2D eigenvalue weighted by Crippen LogP contribution is 2.28. The van der Waals surface area contributed by atoms with Crippen LogP contribution in [0.2, 0.25) is 5.02 Å². The highest BCUT2D eigenvalue weighted by Gasteiger charge is 2.19. The van der Waals surface area contributed by atoms with E-state index in [2.05, 4.69) is 0 Å². The Morgan fingerprint density at radius 3 is 1.88 bits per heavy atom. The molecule has 3 aromatic carbocycles. The lowest BCUT2D eigenvalue weighted by Crippen LogP contribution is -2.12. The Hall–Kier alpha value is -2.58. The van der Waals surface area contributed by atoms with Gasteiger partial charge < -0.3 is 4.74 Å². The smallest absolute Gasteiger partial charge is 0.307 e. The Kier molecular flexibility index (Phi) is 5.86. The number of esters is 1. The van der Waals surface area contributed by atoms with Gasteiger partial charge in [-0.05, 0) is 17.2 Å². The topological polar surface area (TPSA) is 26.3 Å². The average Bonchev–Trinajstić information content (AvgIpc) is 2.67. The molecule has 126 valence electrons. The van der Waals surface area contributed by atoms with E-state index in [1.165, 1.54) is 0 Å². The number of hydrogen-bond donors (Lipinski definition) is 0. The van der Waals surface area contributed by atoms with E-state index in [1.807, 2.05) is 78.9 Å². The van der Waals surface area contributed by atoms with Gasteiger partial charge in [-0.3, -0.25) is 4.79 Å². The Morgan fingerprint density at radius 1 is 0.800 bits per heavy atom. The summed E-state index contributed by atoms with van der Waals surface area (Å²) in [4.78, 5) is 12.4. The normalized spacial score (nSPS) is 10.6. The summed E-state index contributed by atoms with van der Waals surface area (Å²) >= 11 is 6.11. The lowest BCUT2D eigenvalue weighted by atomic mass is 9.89. The number of rotatable bonds is 6. The Bertz CT molecular complexity index is 776. The fraction of sp³-hybridized carbons (Fsp3) is 0.136. The molecule has 0 aliphatic heterocycles. The van der Waals surface area contributed by atoms with E-state index in [4.69, 9.17) is 16.3 Å². The molecule has 0 N–H and O–H groups in total. The molecular formula is C22H19ClO2. The Labute approximate surface area is 153 Å². The number of hydrogen-bond acceptors (Lipinski definition) is 2. The maximum atomic E-state index is 12.4. The summed E-state index contributed by atoms with van der Waals surface area (Å²) in [5, 5.41) is 0.609. The zero-order valence-corrected chi connectivity index (χ0v) is 14.5. The summed E-state index contributed by atoms with van der Waals surface area (Å²) in [5.74, 6) is -0.265. The molecule has 0 saturated carbocycles. The number of carbonyl (C=O) groups is 1. The highest BCUT2D eigenvalue weighted by atomic mass is 35.5. The van der Waals surface area contributed by atoms with Crippen molar-refractivity contribution in [1.29, 1.82) is 0 Å². The predicted octanol–water partition coefficient (Wildman–Crippen LogP) is 5.61. The third-order valence-corrected chi connectivity index (χ3v) is 4.49. The summed E-state index contributed by atoms with van der Waals surface area (Å²) in [6, 6.07) is 27.4.